The number of H-pyrrole nitrogens is 1. The zero-order valence-electron chi connectivity index (χ0n) is 17.9. The summed E-state index contributed by atoms with van der Waals surface area (Å²) in [5.41, 5.74) is 8.85. The molecule has 1 aliphatic carbocycles. The summed E-state index contributed by atoms with van der Waals surface area (Å²) in [7, 11) is 1.63. The molecule has 2 aromatic rings. The van der Waals surface area contributed by atoms with Crippen molar-refractivity contribution in [1.82, 2.24) is 10.2 Å². The van der Waals surface area contributed by atoms with Crippen LogP contribution in [0.3, 0.4) is 0 Å². The predicted molar refractivity (Wildman–Crippen MR) is 112 cm³/mol. The first-order valence-electron chi connectivity index (χ1n) is 10.3. The van der Waals surface area contributed by atoms with Gasteiger partial charge in [-0.3, -0.25) is 5.10 Å². The minimum Gasteiger partial charge on any atom is -0.493 e. The molecule has 0 radical (unpaired) electrons. The van der Waals surface area contributed by atoms with Gasteiger partial charge in [-0.05, 0) is 43.4 Å². The Balaban J connectivity index is 1.80. The molecule has 0 saturated heterocycles. The molecule has 1 atom stereocenters. The molecule has 4 rings (SSSR count). The summed E-state index contributed by atoms with van der Waals surface area (Å²) >= 11 is 0. The van der Waals surface area contributed by atoms with Gasteiger partial charge in [0.15, 0.2) is 11.5 Å². The summed E-state index contributed by atoms with van der Waals surface area (Å²) in [6.45, 7) is 6.26. The van der Waals surface area contributed by atoms with Crippen LogP contribution < -0.4 is 19.9 Å². The van der Waals surface area contributed by atoms with Crippen molar-refractivity contribution in [2.24, 2.45) is 5.73 Å². The normalized spacial score (nSPS) is 19.2. The molecule has 7 heteroatoms. The van der Waals surface area contributed by atoms with Gasteiger partial charge in [0.2, 0.25) is 11.8 Å². The Morgan fingerprint density at radius 3 is 2.60 bits per heavy atom. The molecule has 2 heterocycles. The number of aromatic amines is 1. The fourth-order valence-electron chi connectivity index (χ4n) is 4.30. The highest BCUT2D eigenvalue weighted by Crippen LogP contribution is 2.47. The van der Waals surface area contributed by atoms with Crippen LogP contribution in [0.25, 0.3) is 0 Å². The van der Waals surface area contributed by atoms with Crippen molar-refractivity contribution >= 4 is 0 Å². The van der Waals surface area contributed by atoms with Gasteiger partial charge in [0.25, 0.3) is 0 Å². The molecule has 7 nitrogen and oxygen atoms in total. The first kappa shape index (κ1) is 20.1. The van der Waals surface area contributed by atoms with E-state index in [1.807, 2.05) is 18.2 Å². The summed E-state index contributed by atoms with van der Waals surface area (Å²) in [6.07, 6.45) is 4.75. The maximum absolute atomic E-state index is 9.87. The minimum absolute atomic E-state index is 0.0761. The number of hydrogen-bond donors (Lipinski definition) is 2. The monoisotopic (exact) mass is 408 g/mol. The molecule has 1 aromatic carbocycles. The molecule has 1 aromatic heterocycles. The van der Waals surface area contributed by atoms with Gasteiger partial charge in [0, 0.05) is 11.1 Å². The van der Waals surface area contributed by atoms with Crippen LogP contribution in [0, 0.1) is 11.3 Å². The highest BCUT2D eigenvalue weighted by atomic mass is 16.5. The Hall–Kier alpha value is -3.14. The van der Waals surface area contributed by atoms with Gasteiger partial charge in [-0.15, -0.1) is 5.10 Å². The lowest BCUT2D eigenvalue weighted by molar-refractivity contribution is 0.200. The topological polar surface area (TPSA) is 106 Å². The average molecular weight is 409 g/mol. The van der Waals surface area contributed by atoms with E-state index < -0.39 is 5.92 Å². The van der Waals surface area contributed by atoms with E-state index in [0.717, 1.165) is 35.4 Å². The van der Waals surface area contributed by atoms with E-state index in [1.165, 1.54) is 12.8 Å². The number of rotatable bonds is 4. The summed E-state index contributed by atoms with van der Waals surface area (Å²) < 4.78 is 17.5. The van der Waals surface area contributed by atoms with Crippen LogP contribution in [0.15, 0.2) is 29.7 Å². The fraction of sp³-hybridized carbons (Fsp3) is 0.478. The van der Waals surface area contributed by atoms with E-state index in [-0.39, 0.29) is 17.4 Å². The average Bonchev–Trinajstić information content (AvgIpc) is 3.36. The van der Waals surface area contributed by atoms with Crippen LogP contribution >= 0.6 is 0 Å². The quantitative estimate of drug-likeness (QED) is 0.783. The second-order valence-corrected chi connectivity index (χ2v) is 8.93. The van der Waals surface area contributed by atoms with Crippen LogP contribution in [0.5, 0.6) is 17.4 Å². The van der Waals surface area contributed by atoms with Gasteiger partial charge in [0.05, 0.1) is 24.7 Å². The van der Waals surface area contributed by atoms with Crippen molar-refractivity contribution < 1.29 is 14.2 Å². The number of nitrogens with one attached hydrogen (secondary N) is 1. The number of ether oxygens (including phenoxy) is 3. The molecule has 1 aliphatic heterocycles. The molecular weight excluding hydrogens is 380 g/mol. The van der Waals surface area contributed by atoms with Gasteiger partial charge < -0.3 is 19.9 Å². The lowest BCUT2D eigenvalue weighted by Crippen LogP contribution is -2.24. The zero-order chi connectivity index (χ0) is 21.5. The lowest BCUT2D eigenvalue weighted by Gasteiger charge is -2.28. The van der Waals surface area contributed by atoms with E-state index >= 15 is 0 Å². The van der Waals surface area contributed by atoms with E-state index in [0.29, 0.717) is 17.2 Å². The molecule has 0 spiro atoms. The fourth-order valence-corrected chi connectivity index (χ4v) is 4.30. The van der Waals surface area contributed by atoms with Crippen molar-refractivity contribution in [3.8, 4) is 23.4 Å². The third kappa shape index (κ3) is 3.47. The molecule has 0 amide bonds. The molecule has 2 aliphatic rings. The maximum atomic E-state index is 9.87. The van der Waals surface area contributed by atoms with Crippen LogP contribution in [0.1, 0.15) is 69.2 Å². The largest absolute Gasteiger partial charge is 0.493 e. The van der Waals surface area contributed by atoms with Crippen LogP contribution in [0.4, 0.5) is 0 Å². The first-order chi connectivity index (χ1) is 14.3. The highest BCUT2D eigenvalue weighted by Gasteiger charge is 2.38. The number of aromatic nitrogens is 2. The van der Waals surface area contributed by atoms with E-state index in [2.05, 4.69) is 37.0 Å². The summed E-state index contributed by atoms with van der Waals surface area (Å²) in [5, 5.41) is 17.3. The Labute approximate surface area is 176 Å². The summed E-state index contributed by atoms with van der Waals surface area (Å²) in [6, 6.07) is 8.05. The minimum atomic E-state index is -0.402. The molecule has 1 unspecified atom stereocenters. The Morgan fingerprint density at radius 1 is 1.23 bits per heavy atom. The Kier molecular flexibility index (Phi) is 5.10. The van der Waals surface area contributed by atoms with Gasteiger partial charge >= 0.3 is 0 Å². The second kappa shape index (κ2) is 7.60. The van der Waals surface area contributed by atoms with Crippen LogP contribution in [0.2, 0.25) is 0 Å². The van der Waals surface area contributed by atoms with E-state index in [9.17, 15) is 5.26 Å². The summed E-state index contributed by atoms with van der Waals surface area (Å²) in [4.78, 5) is 0. The number of methoxy groups -OCH3 is 1. The predicted octanol–water partition coefficient (Wildman–Crippen LogP) is 4.26. The second-order valence-electron chi connectivity index (χ2n) is 8.93. The number of nitriles is 1. The SMILES string of the molecule is COc1cc(C2C(C#N)=C(N)Oc3n[nH]c(C(C)(C)C)c32)ccc1OC1CCCC1. The van der Waals surface area contributed by atoms with E-state index in [4.69, 9.17) is 19.9 Å². The number of nitrogens with two attached hydrogens (primary N) is 1. The smallest absolute Gasteiger partial charge is 0.244 e. The van der Waals surface area contributed by atoms with Crippen molar-refractivity contribution in [2.45, 2.75) is 63.9 Å². The standard InChI is InChI=1S/C23H28N4O3/c1-23(2,3)20-19-18(15(12-24)21(25)30-22(19)27-26-20)13-9-10-16(17(11-13)28-4)29-14-7-5-6-8-14/h9-11,14,18H,5-8,25H2,1-4H3,(H,26,27). The third-order valence-electron chi connectivity index (χ3n) is 5.81. The van der Waals surface area contributed by atoms with Gasteiger partial charge in [-0.25, -0.2) is 0 Å². The number of benzene rings is 1. The van der Waals surface area contributed by atoms with Gasteiger partial charge in [0.1, 0.15) is 11.6 Å². The summed E-state index contributed by atoms with van der Waals surface area (Å²) in [5.74, 6) is 1.45. The molecule has 1 fully saturated rings. The van der Waals surface area contributed by atoms with Crippen molar-refractivity contribution in [2.75, 3.05) is 7.11 Å². The molecule has 1 saturated carbocycles. The lowest BCUT2D eigenvalue weighted by atomic mass is 9.79. The van der Waals surface area contributed by atoms with Crippen LogP contribution in [-0.4, -0.2) is 23.4 Å². The van der Waals surface area contributed by atoms with Gasteiger partial charge in [-0.2, -0.15) is 5.26 Å². The van der Waals surface area contributed by atoms with Crippen molar-refractivity contribution in [3.05, 3.63) is 46.5 Å². The van der Waals surface area contributed by atoms with E-state index in [1.54, 1.807) is 7.11 Å². The third-order valence-corrected chi connectivity index (χ3v) is 5.81. The number of allylic oxidation sites excluding steroid dienone is 1. The molecule has 158 valence electrons. The first-order valence-corrected chi connectivity index (χ1v) is 10.3. The number of nitrogens with zero attached hydrogens (tertiary/aromatic N) is 2. The highest BCUT2D eigenvalue weighted by molar-refractivity contribution is 5.58. The van der Waals surface area contributed by atoms with Gasteiger partial charge in [-0.1, -0.05) is 26.8 Å². The molecule has 0 bridgehead atoms. The zero-order valence-corrected chi connectivity index (χ0v) is 17.9. The molecule has 3 N–H and O–H groups in total. The van der Waals surface area contributed by atoms with Crippen LogP contribution in [-0.2, 0) is 5.41 Å². The Morgan fingerprint density at radius 2 is 1.97 bits per heavy atom. The van der Waals surface area contributed by atoms with Crippen molar-refractivity contribution in [3.63, 3.8) is 0 Å². The Bertz CT molecular complexity index is 1020. The van der Waals surface area contributed by atoms with Crippen molar-refractivity contribution in [1.29, 1.82) is 5.26 Å². The molecular formula is C23H28N4O3. The number of hydrogen-bond acceptors (Lipinski definition) is 6. The number of fused-ring (bicyclic) bond motifs is 1. The maximum Gasteiger partial charge on any atom is 0.244 e. The molecule has 30 heavy (non-hydrogen) atoms.